The largest absolute Gasteiger partial charge is 0.489 e. The maximum absolute atomic E-state index is 11.5. The molecule has 0 atom stereocenters. The molecule has 0 aliphatic carbocycles. The summed E-state index contributed by atoms with van der Waals surface area (Å²) < 4.78 is 29.8. The Morgan fingerprint density at radius 3 is 2.24 bits per heavy atom. The van der Waals surface area contributed by atoms with Crippen molar-refractivity contribution >= 4 is 42.3 Å². The Kier molecular flexibility index (Phi) is 5.16. The van der Waals surface area contributed by atoms with Gasteiger partial charge in [-0.05, 0) is 77.4 Å². The standard InChI is InChI=1S/C15H14ClIO3S/c1-10-11(2)15(21(16,18)19)8-7-14(10)20-9-12-3-5-13(17)6-4-12/h3-8H,9H2,1-2H3. The van der Waals surface area contributed by atoms with Gasteiger partial charge in [0, 0.05) is 14.3 Å². The number of halogens is 2. The molecule has 0 aliphatic rings. The summed E-state index contributed by atoms with van der Waals surface area (Å²) in [5.41, 5.74) is 2.45. The minimum Gasteiger partial charge on any atom is -0.489 e. The van der Waals surface area contributed by atoms with E-state index in [-0.39, 0.29) is 4.90 Å². The molecule has 0 bridgehead atoms. The smallest absolute Gasteiger partial charge is 0.261 e. The van der Waals surface area contributed by atoms with E-state index in [9.17, 15) is 8.42 Å². The maximum atomic E-state index is 11.5. The lowest BCUT2D eigenvalue weighted by molar-refractivity contribution is 0.303. The molecule has 0 unspecified atom stereocenters. The van der Waals surface area contributed by atoms with Crippen LogP contribution in [-0.4, -0.2) is 8.42 Å². The van der Waals surface area contributed by atoms with Crippen molar-refractivity contribution in [2.24, 2.45) is 0 Å². The van der Waals surface area contributed by atoms with E-state index in [1.807, 2.05) is 31.2 Å². The molecule has 3 nitrogen and oxygen atoms in total. The minimum absolute atomic E-state index is 0.128. The molecule has 2 aromatic carbocycles. The lowest BCUT2D eigenvalue weighted by Crippen LogP contribution is -2.01. The molecule has 2 aromatic rings. The monoisotopic (exact) mass is 436 g/mol. The Morgan fingerprint density at radius 2 is 1.67 bits per heavy atom. The molecule has 0 heterocycles. The Morgan fingerprint density at radius 1 is 1.05 bits per heavy atom. The molecule has 0 saturated carbocycles. The van der Waals surface area contributed by atoms with Crippen LogP contribution in [0.4, 0.5) is 0 Å². The number of benzene rings is 2. The van der Waals surface area contributed by atoms with Gasteiger partial charge >= 0.3 is 0 Å². The van der Waals surface area contributed by atoms with Gasteiger partial charge in [-0.3, -0.25) is 0 Å². The Bertz CT molecular complexity index is 755. The van der Waals surface area contributed by atoms with Gasteiger partial charge in [-0.25, -0.2) is 8.42 Å². The fourth-order valence-corrected chi connectivity index (χ4v) is 3.54. The Balaban J connectivity index is 2.22. The van der Waals surface area contributed by atoms with Crippen LogP contribution in [0, 0.1) is 17.4 Å². The second-order valence-electron chi connectivity index (χ2n) is 4.66. The minimum atomic E-state index is -3.73. The summed E-state index contributed by atoms with van der Waals surface area (Å²) in [7, 11) is 1.68. The third kappa shape index (κ3) is 4.11. The van der Waals surface area contributed by atoms with E-state index in [1.54, 1.807) is 13.0 Å². The molecule has 112 valence electrons. The fraction of sp³-hybridized carbons (Fsp3) is 0.200. The Hall–Kier alpha value is -0.790. The van der Waals surface area contributed by atoms with Crippen molar-refractivity contribution in [1.29, 1.82) is 0 Å². The van der Waals surface area contributed by atoms with Crippen LogP contribution >= 0.6 is 33.3 Å². The van der Waals surface area contributed by atoms with Crippen LogP contribution in [0.15, 0.2) is 41.3 Å². The van der Waals surface area contributed by atoms with Crippen LogP contribution in [0.1, 0.15) is 16.7 Å². The highest BCUT2D eigenvalue weighted by molar-refractivity contribution is 14.1. The molecule has 6 heteroatoms. The number of rotatable bonds is 4. The van der Waals surface area contributed by atoms with Gasteiger partial charge in [0.15, 0.2) is 0 Å². The van der Waals surface area contributed by atoms with Crippen molar-refractivity contribution in [2.45, 2.75) is 25.3 Å². The highest BCUT2D eigenvalue weighted by atomic mass is 127. The third-order valence-electron chi connectivity index (χ3n) is 3.26. The molecule has 0 saturated heterocycles. The lowest BCUT2D eigenvalue weighted by atomic mass is 10.1. The van der Waals surface area contributed by atoms with Crippen LogP contribution in [-0.2, 0) is 15.7 Å². The molecule has 2 rings (SSSR count). The lowest BCUT2D eigenvalue weighted by Gasteiger charge is -2.13. The van der Waals surface area contributed by atoms with E-state index in [4.69, 9.17) is 15.4 Å². The zero-order valence-corrected chi connectivity index (χ0v) is 15.3. The van der Waals surface area contributed by atoms with Gasteiger partial charge < -0.3 is 4.74 Å². The van der Waals surface area contributed by atoms with E-state index in [0.717, 1.165) is 11.1 Å². The van der Waals surface area contributed by atoms with Gasteiger partial charge in [0.05, 0.1) is 4.90 Å². The van der Waals surface area contributed by atoms with E-state index in [0.29, 0.717) is 17.9 Å². The van der Waals surface area contributed by atoms with Crippen LogP contribution in [0.5, 0.6) is 5.75 Å². The molecule has 0 amide bonds. The van der Waals surface area contributed by atoms with Crippen molar-refractivity contribution in [2.75, 3.05) is 0 Å². The topological polar surface area (TPSA) is 43.4 Å². The van der Waals surface area contributed by atoms with E-state index in [2.05, 4.69) is 22.6 Å². The predicted molar refractivity (Wildman–Crippen MR) is 92.4 cm³/mol. The first-order valence-electron chi connectivity index (χ1n) is 6.21. The summed E-state index contributed by atoms with van der Waals surface area (Å²) >= 11 is 2.25. The molecular weight excluding hydrogens is 423 g/mol. The highest BCUT2D eigenvalue weighted by Gasteiger charge is 2.16. The molecule has 0 radical (unpaired) electrons. The van der Waals surface area contributed by atoms with Crippen molar-refractivity contribution in [3.63, 3.8) is 0 Å². The zero-order chi connectivity index (χ0) is 15.6. The zero-order valence-electron chi connectivity index (χ0n) is 11.6. The van der Waals surface area contributed by atoms with Crippen molar-refractivity contribution in [1.82, 2.24) is 0 Å². The van der Waals surface area contributed by atoms with E-state index < -0.39 is 9.05 Å². The van der Waals surface area contributed by atoms with Crippen LogP contribution in [0.25, 0.3) is 0 Å². The molecule has 21 heavy (non-hydrogen) atoms. The van der Waals surface area contributed by atoms with Gasteiger partial charge in [0.1, 0.15) is 12.4 Å². The average molecular weight is 437 g/mol. The quantitative estimate of drug-likeness (QED) is 0.526. The summed E-state index contributed by atoms with van der Waals surface area (Å²) in [6.45, 7) is 3.98. The second kappa shape index (κ2) is 6.54. The Labute approximate surface area is 142 Å². The van der Waals surface area contributed by atoms with Gasteiger partial charge in [-0.2, -0.15) is 0 Å². The first-order chi connectivity index (χ1) is 9.79. The van der Waals surface area contributed by atoms with Crippen LogP contribution in [0.2, 0.25) is 0 Å². The van der Waals surface area contributed by atoms with Crippen molar-refractivity contribution in [3.8, 4) is 5.75 Å². The summed E-state index contributed by atoms with van der Waals surface area (Å²) in [5, 5.41) is 0. The fourth-order valence-electron chi connectivity index (χ4n) is 1.93. The van der Waals surface area contributed by atoms with E-state index in [1.165, 1.54) is 9.64 Å². The van der Waals surface area contributed by atoms with Crippen LogP contribution < -0.4 is 4.74 Å². The van der Waals surface area contributed by atoms with Crippen molar-refractivity contribution < 1.29 is 13.2 Å². The third-order valence-corrected chi connectivity index (χ3v) is 5.44. The highest BCUT2D eigenvalue weighted by Crippen LogP contribution is 2.29. The van der Waals surface area contributed by atoms with E-state index >= 15 is 0 Å². The first-order valence-corrected chi connectivity index (χ1v) is 9.60. The van der Waals surface area contributed by atoms with Crippen molar-refractivity contribution in [3.05, 3.63) is 56.7 Å². The normalized spacial score (nSPS) is 11.4. The molecule has 0 aliphatic heterocycles. The molecule has 0 spiro atoms. The summed E-state index contributed by atoms with van der Waals surface area (Å²) in [5.74, 6) is 0.662. The van der Waals surface area contributed by atoms with Gasteiger partial charge in [0.2, 0.25) is 0 Å². The number of hydrogen-bond donors (Lipinski definition) is 0. The molecule has 0 N–H and O–H groups in total. The van der Waals surface area contributed by atoms with Gasteiger partial charge in [-0.1, -0.05) is 12.1 Å². The molecular formula is C15H14ClIO3S. The van der Waals surface area contributed by atoms with Gasteiger partial charge in [-0.15, -0.1) is 0 Å². The predicted octanol–water partition coefficient (Wildman–Crippen LogP) is 4.41. The maximum Gasteiger partial charge on any atom is 0.261 e. The number of hydrogen-bond acceptors (Lipinski definition) is 3. The SMILES string of the molecule is Cc1c(OCc2ccc(I)cc2)ccc(S(=O)(=O)Cl)c1C. The summed E-state index contributed by atoms with van der Waals surface area (Å²) in [6.07, 6.45) is 0. The van der Waals surface area contributed by atoms with Crippen LogP contribution in [0.3, 0.4) is 0 Å². The first kappa shape index (κ1) is 16.6. The second-order valence-corrected chi connectivity index (χ2v) is 8.44. The summed E-state index contributed by atoms with van der Waals surface area (Å²) in [4.78, 5) is 0.128. The summed E-state index contributed by atoms with van der Waals surface area (Å²) in [6, 6.07) is 11.2. The van der Waals surface area contributed by atoms with Gasteiger partial charge in [0.25, 0.3) is 9.05 Å². The molecule has 0 fully saturated rings. The molecule has 0 aromatic heterocycles. The average Bonchev–Trinajstić information content (AvgIpc) is 2.41. The number of ether oxygens (including phenoxy) is 1.